The Morgan fingerprint density at radius 3 is 2.26 bits per heavy atom. The zero-order valence-electron chi connectivity index (χ0n) is 19.3. The van der Waals surface area contributed by atoms with Crippen molar-refractivity contribution in [2.45, 2.75) is 44.6 Å². The third-order valence-corrected chi connectivity index (χ3v) is 6.02. The molecule has 1 unspecified atom stereocenters. The van der Waals surface area contributed by atoms with Crippen molar-refractivity contribution in [3.05, 3.63) is 59.7 Å². The van der Waals surface area contributed by atoms with Crippen molar-refractivity contribution >= 4 is 18.0 Å². The van der Waals surface area contributed by atoms with Gasteiger partial charge in [-0.2, -0.15) is 0 Å². The lowest BCUT2D eigenvalue weighted by Gasteiger charge is -2.26. The number of carboxylic acid groups (broad SMARTS) is 1. The third-order valence-electron chi connectivity index (χ3n) is 6.02. The van der Waals surface area contributed by atoms with Crippen LogP contribution in [0.4, 0.5) is 4.79 Å². The van der Waals surface area contributed by atoms with Gasteiger partial charge in [0.15, 0.2) is 0 Å². The van der Waals surface area contributed by atoms with E-state index in [4.69, 9.17) is 16.3 Å². The summed E-state index contributed by atoms with van der Waals surface area (Å²) in [4.78, 5) is 37.8. The maximum Gasteiger partial charge on any atom is 0.407 e. The number of hydrogen-bond donors (Lipinski definition) is 2. The highest BCUT2D eigenvalue weighted by molar-refractivity contribution is 5.86. The van der Waals surface area contributed by atoms with Crippen LogP contribution in [0.25, 0.3) is 11.1 Å². The number of aliphatic carboxylic acids is 1. The van der Waals surface area contributed by atoms with E-state index in [1.165, 1.54) is 0 Å². The minimum atomic E-state index is -0.903. The van der Waals surface area contributed by atoms with Crippen LogP contribution in [0.1, 0.15) is 49.7 Å². The molecule has 2 aromatic rings. The second kappa shape index (κ2) is 11.9. The first-order valence-corrected chi connectivity index (χ1v) is 11.5. The maximum atomic E-state index is 13.0. The lowest BCUT2D eigenvalue weighted by molar-refractivity contribution is -0.137. The third kappa shape index (κ3) is 5.96. The zero-order chi connectivity index (χ0) is 24.5. The molecule has 0 saturated heterocycles. The first kappa shape index (κ1) is 24.8. The fraction of sp³-hybridized carbons (Fsp3) is 0.370. The molecule has 1 atom stereocenters. The van der Waals surface area contributed by atoms with Gasteiger partial charge in [-0.1, -0.05) is 48.5 Å². The molecule has 0 fully saturated rings. The van der Waals surface area contributed by atoms with Gasteiger partial charge in [0.05, 0.1) is 0 Å². The van der Waals surface area contributed by atoms with Crippen LogP contribution in [0.15, 0.2) is 48.5 Å². The van der Waals surface area contributed by atoms with Crippen molar-refractivity contribution < 1.29 is 24.2 Å². The van der Waals surface area contributed by atoms with E-state index in [1.807, 2.05) is 43.3 Å². The molecule has 0 radical (unpaired) electrons. The summed E-state index contributed by atoms with van der Waals surface area (Å²) in [6.45, 7) is 2.80. The number of fused-ring (bicyclic) bond motifs is 3. The molecule has 2 aromatic carbocycles. The van der Waals surface area contributed by atoms with Gasteiger partial charge >= 0.3 is 12.1 Å². The molecule has 2 amide bonds. The summed E-state index contributed by atoms with van der Waals surface area (Å²) >= 11 is 0. The molecule has 1 aliphatic carbocycles. The standard InChI is InChI=1S/C27H30N2O5/c1-3-11-24(26(32)29(4-2)17-10-9-16-25(30)31)28-27(33)34-18-23-21-14-7-5-12-19(21)20-13-6-8-15-22(20)23/h1,5-8,12-15,23-24H,4,9-11,16-18H2,2H3,(H,28,33)(H,30,31). The number of ether oxygens (including phenoxy) is 1. The van der Waals surface area contributed by atoms with E-state index >= 15 is 0 Å². The lowest BCUT2D eigenvalue weighted by Crippen LogP contribution is -2.49. The van der Waals surface area contributed by atoms with Crippen molar-refractivity contribution in [3.63, 3.8) is 0 Å². The normalized spacial score (nSPS) is 12.7. The van der Waals surface area contributed by atoms with Gasteiger partial charge in [0.25, 0.3) is 0 Å². The summed E-state index contributed by atoms with van der Waals surface area (Å²) in [5.41, 5.74) is 4.47. The van der Waals surface area contributed by atoms with Gasteiger partial charge in [0.1, 0.15) is 12.6 Å². The molecule has 7 heteroatoms. The number of carbonyl (C=O) groups is 3. The zero-order valence-corrected chi connectivity index (χ0v) is 19.3. The molecule has 0 aliphatic heterocycles. The number of nitrogens with one attached hydrogen (secondary N) is 1. The summed E-state index contributed by atoms with van der Waals surface area (Å²) in [5, 5.41) is 11.4. The van der Waals surface area contributed by atoms with Gasteiger partial charge in [-0.05, 0) is 42.0 Å². The molecule has 0 heterocycles. The summed E-state index contributed by atoms with van der Waals surface area (Å²) in [5.74, 6) is 1.19. The van der Waals surface area contributed by atoms with Crippen molar-refractivity contribution in [2.24, 2.45) is 0 Å². The average molecular weight is 463 g/mol. The number of rotatable bonds is 11. The van der Waals surface area contributed by atoms with Crippen LogP contribution in [0.5, 0.6) is 0 Å². The summed E-state index contributed by atoms with van der Waals surface area (Å²) in [7, 11) is 0. The number of unbranched alkanes of at least 4 members (excludes halogenated alkanes) is 1. The second-order valence-corrected chi connectivity index (χ2v) is 8.20. The largest absolute Gasteiger partial charge is 0.481 e. The monoisotopic (exact) mass is 462 g/mol. The summed E-state index contributed by atoms with van der Waals surface area (Å²) in [6, 6.07) is 15.2. The topological polar surface area (TPSA) is 95.9 Å². The molecule has 0 bridgehead atoms. The van der Waals surface area contributed by atoms with Crippen molar-refractivity contribution in [1.29, 1.82) is 0 Å². The number of nitrogens with zero attached hydrogens (tertiary/aromatic N) is 1. The number of alkyl carbamates (subject to hydrolysis) is 1. The quantitative estimate of drug-likeness (QED) is 0.388. The number of likely N-dealkylation sites (N-methyl/N-ethyl adjacent to an activating group) is 1. The van der Waals surface area contributed by atoms with Crippen LogP contribution in [-0.4, -0.2) is 53.7 Å². The summed E-state index contributed by atoms with van der Waals surface area (Å²) < 4.78 is 5.55. The molecular weight excluding hydrogens is 432 g/mol. The van der Waals surface area contributed by atoms with E-state index in [0.717, 1.165) is 22.3 Å². The van der Waals surface area contributed by atoms with Gasteiger partial charge in [-0.25, -0.2) is 4.79 Å². The Bertz CT molecular complexity index is 1030. The molecule has 178 valence electrons. The Balaban J connectivity index is 1.60. The highest BCUT2D eigenvalue weighted by atomic mass is 16.5. The van der Waals surface area contributed by atoms with E-state index in [1.54, 1.807) is 4.90 Å². The average Bonchev–Trinajstić information content (AvgIpc) is 3.16. The van der Waals surface area contributed by atoms with E-state index in [0.29, 0.717) is 25.9 Å². The SMILES string of the molecule is C#CCC(NC(=O)OCC1c2ccccc2-c2ccccc21)C(=O)N(CC)CCCCC(=O)O. The van der Waals surface area contributed by atoms with Gasteiger partial charge in [0.2, 0.25) is 5.91 Å². The molecule has 0 spiro atoms. The van der Waals surface area contributed by atoms with Gasteiger partial charge in [-0.3, -0.25) is 9.59 Å². The van der Waals surface area contributed by atoms with Crippen LogP contribution in [-0.2, 0) is 14.3 Å². The highest BCUT2D eigenvalue weighted by Crippen LogP contribution is 2.44. The van der Waals surface area contributed by atoms with Crippen molar-refractivity contribution in [2.75, 3.05) is 19.7 Å². The minimum Gasteiger partial charge on any atom is -0.481 e. The fourth-order valence-corrected chi connectivity index (χ4v) is 4.32. The van der Waals surface area contributed by atoms with E-state index in [-0.39, 0.29) is 31.3 Å². The van der Waals surface area contributed by atoms with E-state index in [9.17, 15) is 14.4 Å². The predicted octanol–water partition coefficient (Wildman–Crippen LogP) is 4.02. The smallest absolute Gasteiger partial charge is 0.407 e. The molecule has 1 aliphatic rings. The Morgan fingerprint density at radius 2 is 1.71 bits per heavy atom. The molecule has 7 nitrogen and oxygen atoms in total. The molecule has 2 N–H and O–H groups in total. The Hall–Kier alpha value is -3.79. The first-order chi connectivity index (χ1) is 16.5. The number of hydrogen-bond acceptors (Lipinski definition) is 4. The number of carbonyl (C=O) groups excluding carboxylic acids is 2. The maximum absolute atomic E-state index is 13.0. The van der Waals surface area contributed by atoms with Crippen molar-refractivity contribution in [3.8, 4) is 23.5 Å². The Morgan fingerprint density at radius 1 is 1.09 bits per heavy atom. The fourth-order valence-electron chi connectivity index (χ4n) is 4.32. The molecular formula is C27H30N2O5. The lowest BCUT2D eigenvalue weighted by atomic mass is 9.98. The molecule has 34 heavy (non-hydrogen) atoms. The van der Waals surface area contributed by atoms with Crippen LogP contribution < -0.4 is 5.32 Å². The second-order valence-electron chi connectivity index (χ2n) is 8.20. The minimum absolute atomic E-state index is 0.0364. The Labute approximate surface area is 200 Å². The number of benzene rings is 2. The highest BCUT2D eigenvalue weighted by Gasteiger charge is 2.30. The predicted molar refractivity (Wildman–Crippen MR) is 129 cm³/mol. The van der Waals surface area contributed by atoms with Crippen molar-refractivity contribution in [1.82, 2.24) is 10.2 Å². The number of terminal acetylenes is 1. The molecule has 0 aromatic heterocycles. The Kier molecular flexibility index (Phi) is 8.69. The molecule has 3 rings (SSSR count). The van der Waals surface area contributed by atoms with Crippen LogP contribution in [0.3, 0.4) is 0 Å². The number of amides is 2. The molecule has 0 saturated carbocycles. The van der Waals surface area contributed by atoms with E-state index < -0.39 is 18.1 Å². The van der Waals surface area contributed by atoms with Gasteiger partial charge in [0, 0.05) is 31.8 Å². The van der Waals surface area contributed by atoms with Crippen LogP contribution >= 0.6 is 0 Å². The number of carboxylic acids is 1. The van der Waals surface area contributed by atoms with Gasteiger partial charge < -0.3 is 20.1 Å². The first-order valence-electron chi connectivity index (χ1n) is 11.5. The summed E-state index contributed by atoms with van der Waals surface area (Å²) in [6.07, 6.45) is 5.86. The van der Waals surface area contributed by atoms with Crippen LogP contribution in [0, 0.1) is 12.3 Å². The van der Waals surface area contributed by atoms with Crippen LogP contribution in [0.2, 0.25) is 0 Å². The van der Waals surface area contributed by atoms with E-state index in [2.05, 4.69) is 23.4 Å². The van der Waals surface area contributed by atoms with Gasteiger partial charge in [-0.15, -0.1) is 12.3 Å².